The number of anilines is 7. The molecule has 122 heavy (non-hydrogen) atoms. The minimum atomic E-state index is -0.714. The molecule has 40 heteroatoms. The summed E-state index contributed by atoms with van der Waals surface area (Å²) in [5.74, 6) is 1.49. The molecule has 2 aromatic carbocycles. The van der Waals surface area contributed by atoms with E-state index in [9.17, 15) is 38.8 Å². The smallest absolute Gasteiger partial charge is 0.407 e. The number of nitriles is 3. The van der Waals surface area contributed by atoms with E-state index in [2.05, 4.69) is 83.2 Å². The second-order valence-electron chi connectivity index (χ2n) is 32.9. The Kier molecular flexibility index (Phi) is 35.7. The summed E-state index contributed by atoms with van der Waals surface area (Å²) in [7, 11) is 0. The second kappa shape index (κ2) is 45.4. The van der Waals surface area contributed by atoms with Crippen molar-refractivity contribution < 1.29 is 62.0 Å². The van der Waals surface area contributed by atoms with Gasteiger partial charge in [-0.15, -0.1) is 0 Å². The van der Waals surface area contributed by atoms with Gasteiger partial charge in [0, 0.05) is 119 Å². The van der Waals surface area contributed by atoms with Crippen LogP contribution in [0.1, 0.15) is 183 Å². The molecule has 7 amide bonds. The number of alkyl carbamates (subject to hydrolysis) is 4. The number of morpholine rings is 2. The fraction of sp³-hybridized carbons (Fsp3) is 0.537. The first kappa shape index (κ1) is 95.9. The van der Waals surface area contributed by atoms with Crippen molar-refractivity contribution in [2.75, 3.05) is 130 Å². The van der Waals surface area contributed by atoms with Gasteiger partial charge in [-0.05, 0) is 190 Å². The number of hydrogen-bond acceptors (Lipinski definition) is 30. The number of nitrogens with one attached hydrogen (secondary N) is 7. The standard InChI is InChI=1S/C26H35N7O5.C26H33N7O4.C15H20ClN5O2.C10H20N2O2.C5HCl2N3/c1-26(2,3)38-25(36)30-19-5-4-10-33(16-19)20-15-28-21(22(27)34)23(31-20)29-18-8-6-17(7-9-18)24(35)32-11-13-37-14-12-32;1-26(2,3)37-25(35)30-20-5-4-10-33(17-20)22-16-28-21(15-27)23(31-22)29-19-8-6-18(7-9-19)24(34)32-11-13-36-14-12-32;1-15(2,3)23-14(22)19-10-5-4-6-21(9-10)12-8-18-11(7-17)13(16)20-12;1-10(2,3)14-9(13)12-8-5-4-6-11-7-8;6-4-2-9-3(1-8)5(7)10-4/h6-9,15,19H,4-5,10-14,16H2,1-3H3,(H2,27,34)(H,29,31)(H,30,36);6-9,16,20H,4-5,10-14,17H2,1-3H3,(H,29,31)(H,30,35);8,10H,4-6,9H2,1-3H3,(H,19,22);8,11H,4-7H2,1-3H3,(H,12,13);2H/t19-;20-;10-;8-;/m1111./s1. The Labute approximate surface area is 725 Å². The zero-order valence-corrected chi connectivity index (χ0v) is 73.1. The number of piperidine rings is 4. The van der Waals surface area contributed by atoms with E-state index in [0.717, 1.165) is 84.1 Å². The maximum absolute atomic E-state index is 12.7. The number of ether oxygens (including phenoxy) is 6. The minimum Gasteiger partial charge on any atom is -0.444 e. The van der Waals surface area contributed by atoms with Crippen LogP contribution in [-0.4, -0.2) is 243 Å². The lowest BCUT2D eigenvalue weighted by molar-refractivity contribution is 0.0301. The van der Waals surface area contributed by atoms with Gasteiger partial charge in [-0.2, -0.15) is 15.8 Å². The molecule has 6 aliphatic rings. The molecule has 0 bridgehead atoms. The van der Waals surface area contributed by atoms with Gasteiger partial charge in [-0.3, -0.25) is 14.4 Å². The molecule has 12 rings (SSSR count). The number of nitrogens with zero attached hydrogens (tertiary/aromatic N) is 16. The van der Waals surface area contributed by atoms with Crippen LogP contribution in [0.4, 0.5) is 59.6 Å². The first-order chi connectivity index (χ1) is 57.8. The molecule has 37 nitrogen and oxygen atoms in total. The van der Waals surface area contributed by atoms with Crippen molar-refractivity contribution in [3.8, 4) is 18.2 Å². The third-order valence-corrected chi connectivity index (χ3v) is 19.0. The van der Waals surface area contributed by atoms with Crippen molar-refractivity contribution in [1.29, 1.82) is 15.8 Å². The highest BCUT2D eigenvalue weighted by Gasteiger charge is 2.32. The number of carbonyl (C=O) groups is 7. The van der Waals surface area contributed by atoms with Gasteiger partial charge >= 0.3 is 24.4 Å². The second-order valence-corrected chi connectivity index (χ2v) is 34.1. The summed E-state index contributed by atoms with van der Waals surface area (Å²) >= 11 is 16.8. The summed E-state index contributed by atoms with van der Waals surface area (Å²) < 4.78 is 31.8. The summed E-state index contributed by atoms with van der Waals surface area (Å²) in [6.45, 7) is 32.3. The lowest BCUT2D eigenvalue weighted by Crippen LogP contribution is -2.49. The largest absolute Gasteiger partial charge is 0.444 e. The Morgan fingerprint density at radius 3 is 1.16 bits per heavy atom. The highest BCUT2D eigenvalue weighted by Crippen LogP contribution is 2.29. The average molecular weight is 1750 g/mol. The van der Waals surface area contributed by atoms with Crippen LogP contribution in [0.25, 0.3) is 0 Å². The average Bonchev–Trinajstić information content (AvgIpc) is 0.816. The number of primary amides is 1. The highest BCUT2D eigenvalue weighted by atomic mass is 35.5. The quantitative estimate of drug-likeness (QED) is 0.0470. The van der Waals surface area contributed by atoms with Crippen molar-refractivity contribution >= 4 is 117 Å². The first-order valence-electron chi connectivity index (χ1n) is 40.2. The first-order valence-corrected chi connectivity index (χ1v) is 41.3. The van der Waals surface area contributed by atoms with Crippen molar-refractivity contribution in [2.24, 2.45) is 5.73 Å². The van der Waals surface area contributed by atoms with Crippen molar-refractivity contribution in [2.45, 2.75) is 181 Å². The summed E-state index contributed by atoms with van der Waals surface area (Å²) in [6, 6.07) is 19.7. The van der Waals surface area contributed by atoms with E-state index in [4.69, 9.17) is 79.5 Å². The number of halogens is 3. The monoisotopic (exact) mass is 1740 g/mol. The molecular weight excluding hydrogens is 1640 g/mol. The number of amides is 7. The van der Waals surface area contributed by atoms with Crippen LogP contribution in [0.3, 0.4) is 0 Å². The Bertz CT molecular complexity index is 4660. The molecule has 0 aliphatic carbocycles. The Morgan fingerprint density at radius 1 is 0.451 bits per heavy atom. The van der Waals surface area contributed by atoms with Crippen LogP contribution in [0, 0.1) is 34.0 Å². The van der Waals surface area contributed by atoms with Gasteiger partial charge in [0.1, 0.15) is 63.2 Å². The van der Waals surface area contributed by atoms with Crippen LogP contribution in [0.15, 0.2) is 73.3 Å². The molecule has 0 unspecified atom stereocenters. The van der Waals surface area contributed by atoms with E-state index in [-0.39, 0.29) is 86.1 Å². The molecule has 4 aromatic heterocycles. The van der Waals surface area contributed by atoms with Crippen LogP contribution in [0.2, 0.25) is 15.5 Å². The van der Waals surface area contributed by atoms with Gasteiger partial charge in [-0.1, -0.05) is 34.8 Å². The maximum atomic E-state index is 12.7. The van der Waals surface area contributed by atoms with Crippen LogP contribution in [0.5, 0.6) is 0 Å². The van der Waals surface area contributed by atoms with E-state index in [0.29, 0.717) is 118 Å². The fourth-order valence-electron chi connectivity index (χ4n) is 12.9. The molecule has 6 aliphatic heterocycles. The summed E-state index contributed by atoms with van der Waals surface area (Å²) in [4.78, 5) is 128. The third kappa shape index (κ3) is 32.5. The van der Waals surface area contributed by atoms with E-state index < -0.39 is 46.6 Å². The molecule has 6 fully saturated rings. The predicted octanol–water partition coefficient (Wildman–Crippen LogP) is 10.8. The topological polar surface area (TPSA) is 476 Å². The summed E-state index contributed by atoms with van der Waals surface area (Å²) in [5.41, 5.74) is 6.30. The molecule has 656 valence electrons. The number of nitrogens with two attached hydrogens (primary N) is 1. The van der Waals surface area contributed by atoms with Gasteiger partial charge in [0.2, 0.25) is 0 Å². The molecule has 0 radical (unpaired) electrons. The Morgan fingerprint density at radius 2 is 0.795 bits per heavy atom. The molecule has 10 heterocycles. The lowest BCUT2D eigenvalue weighted by Gasteiger charge is -2.34. The molecular formula is C82H109Cl3N24O13. The number of aromatic nitrogens is 8. The van der Waals surface area contributed by atoms with E-state index >= 15 is 0 Å². The van der Waals surface area contributed by atoms with E-state index in [1.807, 2.05) is 104 Å². The third-order valence-electron chi connectivity index (χ3n) is 18.3. The fourth-order valence-corrected chi connectivity index (χ4v) is 13.4. The molecule has 6 saturated heterocycles. The molecule has 0 spiro atoms. The van der Waals surface area contributed by atoms with Crippen LogP contribution in [-0.2, 0) is 28.4 Å². The molecule has 0 saturated carbocycles. The molecule has 9 N–H and O–H groups in total. The maximum Gasteiger partial charge on any atom is 0.407 e. The zero-order chi connectivity index (χ0) is 88.9. The van der Waals surface area contributed by atoms with Crippen LogP contribution < -0.4 is 57.7 Å². The zero-order valence-electron chi connectivity index (χ0n) is 70.9. The summed E-state index contributed by atoms with van der Waals surface area (Å²) in [5, 5.41) is 48.1. The van der Waals surface area contributed by atoms with Crippen molar-refractivity contribution in [3.63, 3.8) is 0 Å². The number of carbonyl (C=O) groups excluding carboxylic acids is 7. The molecule has 4 atom stereocenters. The number of benzene rings is 2. The Hall–Kier alpha value is -11.5. The SMILES string of the molecule is CC(C)(C)OC(=O)N[C@@H]1CCCN(c2cnc(C#N)c(Cl)n2)C1.CC(C)(C)OC(=O)N[C@@H]1CCCN(c2cnc(C#N)c(Nc3ccc(C(=O)N4CCOCC4)cc3)n2)C1.CC(C)(C)OC(=O)N[C@@H]1CCCN(c2cnc(C(N)=O)c(Nc3ccc(C(=O)N4CCOCC4)cc3)n2)C1.CC(C)(C)OC(=O)N[C@@H]1CCCNC1.N#Cc1ncc(Cl)nc1Cl. The highest BCUT2D eigenvalue weighted by molar-refractivity contribution is 6.32. The number of hydrogen-bond donors (Lipinski definition) is 8. The van der Waals surface area contributed by atoms with Crippen molar-refractivity contribution in [3.05, 3.63) is 123 Å². The Balaban J connectivity index is 0.000000204. The van der Waals surface area contributed by atoms with Crippen molar-refractivity contribution in [1.82, 2.24) is 76.3 Å². The van der Waals surface area contributed by atoms with Gasteiger partial charge in [0.25, 0.3) is 17.7 Å². The minimum absolute atomic E-state index is 0.00246. The lowest BCUT2D eigenvalue weighted by atomic mass is 10.1. The van der Waals surface area contributed by atoms with Gasteiger partial charge in [0.05, 0.1) is 51.2 Å². The normalized spacial score (nSPS) is 17.9. The van der Waals surface area contributed by atoms with E-state index in [1.54, 1.807) is 70.6 Å². The van der Waals surface area contributed by atoms with Gasteiger partial charge in [-0.25, -0.2) is 59.0 Å². The van der Waals surface area contributed by atoms with Gasteiger partial charge in [0.15, 0.2) is 44.7 Å². The molecule has 6 aromatic rings. The van der Waals surface area contributed by atoms with Gasteiger partial charge < -0.3 is 95.9 Å². The summed E-state index contributed by atoms with van der Waals surface area (Å²) in [6.07, 6.45) is 11.5. The predicted molar refractivity (Wildman–Crippen MR) is 458 cm³/mol. The van der Waals surface area contributed by atoms with E-state index in [1.165, 1.54) is 18.6 Å². The van der Waals surface area contributed by atoms with Crippen LogP contribution >= 0.6 is 34.8 Å². The number of rotatable bonds is 14.